The van der Waals surface area contributed by atoms with E-state index in [-0.39, 0.29) is 35.8 Å². The topological polar surface area (TPSA) is 163 Å². The van der Waals surface area contributed by atoms with Gasteiger partial charge in [-0.1, -0.05) is 62.5 Å². The molecule has 332 valence electrons. The third-order valence-electron chi connectivity index (χ3n) is 17.5. The Morgan fingerprint density at radius 1 is 0.915 bits per heavy atom. The van der Waals surface area contributed by atoms with Crippen LogP contribution >= 0.6 is 0 Å². The Kier molecular flexibility index (Phi) is 16.6. The number of methoxy groups -OCH3 is 1. The van der Waals surface area contributed by atoms with Crippen molar-refractivity contribution in [2.24, 2.45) is 64.4 Å². The number of Topliss-reactive ketones (excluding diaryl/α,β-unsaturated/α-hetero) is 2. The number of aliphatic hydroxyl groups is 3. The highest BCUT2D eigenvalue weighted by molar-refractivity contribution is 5.84. The molecular formula is C50H83N3O6+2. The molecule has 0 radical (unpaired) electrons. The van der Waals surface area contributed by atoms with Crippen molar-refractivity contribution in [2.45, 2.75) is 197 Å². The number of ketones is 2. The second-order valence-corrected chi connectivity index (χ2v) is 21.1. The molecule has 4 saturated carbocycles. The number of carbonyl (C=O) groups is 2. The fourth-order valence-electron chi connectivity index (χ4n) is 13.9. The van der Waals surface area contributed by atoms with Gasteiger partial charge in [-0.05, 0) is 125 Å². The van der Waals surface area contributed by atoms with Gasteiger partial charge in [0.1, 0.15) is 23.7 Å². The molecule has 59 heavy (non-hydrogen) atoms. The molecule has 14 atom stereocenters. The summed E-state index contributed by atoms with van der Waals surface area (Å²) >= 11 is 0. The molecule has 14 unspecified atom stereocenters. The first-order valence-corrected chi connectivity index (χ1v) is 24.8. The molecule has 7 rings (SSSR count). The van der Waals surface area contributed by atoms with Gasteiger partial charge in [-0.3, -0.25) is 15.3 Å². The summed E-state index contributed by atoms with van der Waals surface area (Å²) in [6, 6.07) is 0.477. The minimum absolute atomic E-state index is 0.0513. The monoisotopic (exact) mass is 822 g/mol. The molecule has 6 fully saturated rings. The Morgan fingerprint density at radius 2 is 1.71 bits per heavy atom. The molecule has 7 aliphatic rings. The van der Waals surface area contributed by atoms with E-state index >= 15 is 0 Å². The lowest BCUT2D eigenvalue weighted by Gasteiger charge is -2.45. The van der Waals surface area contributed by atoms with E-state index in [9.17, 15) is 24.9 Å². The standard InChI is InChI=1S/C50H81N3O6/c1-59-48-28-37-16-20-46(57)42(45(56)10-7-24-50(22-5-6-23-50)39-26-38-14-18-41(55)30-44(38)53-32-39)19-15-34(43(37)31-47(48)58)13-17-40(54)27-35(36-21-25-52-49(51)29-36)12-11-33-8-3-2-4-9-33/h11-12,33-40,42-45,47-49,52-54,56,58H,2-10,13-14,16-18,20-32,51H2,1H3/p+2. The molecule has 5 aliphatic carbocycles. The van der Waals surface area contributed by atoms with Crippen LogP contribution in [0.1, 0.15) is 161 Å². The summed E-state index contributed by atoms with van der Waals surface area (Å²) < 4.78 is 5.74. The van der Waals surface area contributed by atoms with Crippen molar-refractivity contribution in [3.63, 3.8) is 0 Å². The van der Waals surface area contributed by atoms with Crippen LogP contribution in [0.2, 0.25) is 0 Å². The molecule has 9 heteroatoms. The largest absolute Gasteiger partial charge is 0.393 e. The molecule has 9 nitrogen and oxygen atoms in total. The number of hydrogen-bond donors (Lipinski definition) is 6. The lowest BCUT2D eigenvalue weighted by atomic mass is 9.63. The lowest BCUT2D eigenvalue weighted by molar-refractivity contribution is -0.713. The van der Waals surface area contributed by atoms with Crippen LogP contribution < -0.4 is 16.4 Å². The number of hydrogen-bond acceptors (Lipinski definition) is 7. The summed E-state index contributed by atoms with van der Waals surface area (Å²) in [6.45, 7) is 2.16. The van der Waals surface area contributed by atoms with E-state index in [0.717, 1.165) is 64.5 Å². The SMILES string of the molecule is COC1CC2CCC(=O)C(C(O)CCCC3(C4C[NH2+]C5CC(=O)CCC5C4)CCCC3)C#CC(CCC(O)CC(C=CC3CCCCC3)C3CC[NH2+]C(N)C3)C2CC1O. The molecule has 0 bridgehead atoms. The van der Waals surface area contributed by atoms with Crippen molar-refractivity contribution in [3.05, 3.63) is 12.2 Å². The summed E-state index contributed by atoms with van der Waals surface area (Å²) in [5.41, 5.74) is 6.75. The number of fused-ring (bicyclic) bond motifs is 2. The Bertz CT molecular complexity index is 1450. The van der Waals surface area contributed by atoms with Crippen LogP contribution in [0.15, 0.2) is 12.2 Å². The van der Waals surface area contributed by atoms with Crippen LogP contribution in [0.25, 0.3) is 0 Å². The number of ether oxygens (including phenoxy) is 1. The summed E-state index contributed by atoms with van der Waals surface area (Å²) in [7, 11) is 1.67. The van der Waals surface area contributed by atoms with E-state index in [2.05, 4.69) is 34.6 Å². The number of carbonyl (C=O) groups excluding carboxylic acids is 2. The van der Waals surface area contributed by atoms with Crippen LogP contribution in [-0.4, -0.2) is 83.7 Å². The normalized spacial score (nSPS) is 38.6. The smallest absolute Gasteiger partial charge is 0.150 e. The summed E-state index contributed by atoms with van der Waals surface area (Å²) in [5, 5.41) is 39.5. The molecule has 2 aliphatic heterocycles. The summed E-state index contributed by atoms with van der Waals surface area (Å²) in [5.74, 6) is 9.76. The van der Waals surface area contributed by atoms with Crippen molar-refractivity contribution < 1.29 is 40.3 Å². The predicted molar refractivity (Wildman–Crippen MR) is 230 cm³/mol. The van der Waals surface area contributed by atoms with Crippen molar-refractivity contribution in [1.82, 2.24) is 0 Å². The van der Waals surface area contributed by atoms with Gasteiger partial charge in [-0.15, -0.1) is 0 Å². The fraction of sp³-hybridized carbons (Fsp3) is 0.880. The molecule has 0 aromatic rings. The van der Waals surface area contributed by atoms with Crippen molar-refractivity contribution in [1.29, 1.82) is 0 Å². The molecule has 2 saturated heterocycles. The lowest BCUT2D eigenvalue weighted by Crippen LogP contribution is -2.95. The average molecular weight is 822 g/mol. The maximum absolute atomic E-state index is 14.0. The minimum atomic E-state index is -0.792. The van der Waals surface area contributed by atoms with E-state index in [1.807, 2.05) is 0 Å². The highest BCUT2D eigenvalue weighted by atomic mass is 16.5. The van der Waals surface area contributed by atoms with Crippen LogP contribution in [0.4, 0.5) is 0 Å². The zero-order valence-electron chi connectivity index (χ0n) is 36.7. The first-order chi connectivity index (χ1) is 28.6. The number of allylic oxidation sites excluding steroid dienone is 2. The zero-order valence-corrected chi connectivity index (χ0v) is 36.7. The van der Waals surface area contributed by atoms with Crippen LogP contribution in [0, 0.1) is 70.5 Å². The van der Waals surface area contributed by atoms with E-state index in [1.165, 1.54) is 64.2 Å². The first kappa shape index (κ1) is 45.4. The van der Waals surface area contributed by atoms with E-state index in [4.69, 9.17) is 10.5 Å². The molecule has 9 N–H and O–H groups in total. The molecule has 0 spiro atoms. The zero-order chi connectivity index (χ0) is 41.4. The minimum Gasteiger partial charge on any atom is -0.393 e. The molecule has 0 aromatic carbocycles. The number of rotatable bonds is 15. The van der Waals surface area contributed by atoms with Gasteiger partial charge in [0, 0.05) is 50.5 Å². The predicted octanol–water partition coefficient (Wildman–Crippen LogP) is 4.94. The summed E-state index contributed by atoms with van der Waals surface area (Å²) in [4.78, 5) is 26.1. The van der Waals surface area contributed by atoms with Gasteiger partial charge in [-0.25, -0.2) is 0 Å². The number of piperidine rings is 2. The van der Waals surface area contributed by atoms with Crippen molar-refractivity contribution in [2.75, 3.05) is 20.2 Å². The third-order valence-corrected chi connectivity index (χ3v) is 17.5. The first-order valence-electron chi connectivity index (χ1n) is 24.8. The highest BCUT2D eigenvalue weighted by Gasteiger charge is 2.48. The van der Waals surface area contributed by atoms with Gasteiger partial charge in [0.2, 0.25) is 0 Å². The number of aliphatic hydroxyl groups excluding tert-OH is 3. The Hall–Kier alpha value is -1.64. The molecule has 0 amide bonds. The van der Waals surface area contributed by atoms with E-state index in [1.54, 1.807) is 7.11 Å². The third kappa shape index (κ3) is 11.9. The Labute approximate surface area is 356 Å². The van der Waals surface area contributed by atoms with Gasteiger partial charge in [-0.2, -0.15) is 0 Å². The van der Waals surface area contributed by atoms with Crippen LogP contribution in [-0.2, 0) is 14.3 Å². The fourth-order valence-corrected chi connectivity index (χ4v) is 13.9. The van der Waals surface area contributed by atoms with Gasteiger partial charge in [0.15, 0.2) is 0 Å². The quantitative estimate of drug-likeness (QED) is 0.101. The van der Waals surface area contributed by atoms with Gasteiger partial charge < -0.3 is 30.7 Å². The van der Waals surface area contributed by atoms with Crippen molar-refractivity contribution in [3.8, 4) is 11.8 Å². The molecular weight excluding hydrogens is 739 g/mol. The number of quaternary nitrogens is 2. The average Bonchev–Trinajstić information content (AvgIpc) is 3.74. The molecule has 0 aromatic heterocycles. The van der Waals surface area contributed by atoms with Crippen molar-refractivity contribution >= 4 is 11.6 Å². The highest BCUT2D eigenvalue weighted by Crippen LogP contribution is 2.51. The van der Waals surface area contributed by atoms with Crippen LogP contribution in [0.5, 0.6) is 0 Å². The Morgan fingerprint density at radius 3 is 2.49 bits per heavy atom. The van der Waals surface area contributed by atoms with Gasteiger partial charge in [0.25, 0.3) is 0 Å². The Balaban J connectivity index is 1.01. The second kappa shape index (κ2) is 21.6. The molecule has 2 heterocycles. The van der Waals surface area contributed by atoms with Gasteiger partial charge >= 0.3 is 0 Å². The second-order valence-electron chi connectivity index (χ2n) is 21.1. The maximum Gasteiger partial charge on any atom is 0.150 e. The summed E-state index contributed by atoms with van der Waals surface area (Å²) in [6.07, 6.45) is 27.5. The van der Waals surface area contributed by atoms with E-state index in [0.29, 0.717) is 91.8 Å². The van der Waals surface area contributed by atoms with E-state index < -0.39 is 24.2 Å². The van der Waals surface area contributed by atoms with Gasteiger partial charge in [0.05, 0.1) is 50.0 Å². The van der Waals surface area contributed by atoms with Crippen LogP contribution in [0.3, 0.4) is 0 Å². The maximum atomic E-state index is 14.0. The number of nitrogens with two attached hydrogens (primary N) is 3.